The molecule has 0 N–H and O–H groups in total. The van der Waals surface area contributed by atoms with Gasteiger partial charge < -0.3 is 9.47 Å². The molecule has 0 saturated heterocycles. The van der Waals surface area contributed by atoms with Crippen LogP contribution in [0.5, 0.6) is 5.75 Å². The fraction of sp³-hybridized carbons (Fsp3) is 0.389. The van der Waals surface area contributed by atoms with Gasteiger partial charge in [0.05, 0.1) is 6.10 Å². The first-order valence-electron chi connectivity index (χ1n) is 7.92. The molecule has 7 heteroatoms. The largest absolute Gasteiger partial charge is 0.460 e. The molecule has 0 saturated carbocycles. The van der Waals surface area contributed by atoms with Gasteiger partial charge in [0.2, 0.25) is 5.85 Å². The Morgan fingerprint density at radius 3 is 2.68 bits per heavy atom. The van der Waals surface area contributed by atoms with E-state index in [4.69, 9.17) is 9.47 Å². The van der Waals surface area contributed by atoms with Crippen LogP contribution in [0.15, 0.2) is 30.6 Å². The summed E-state index contributed by atoms with van der Waals surface area (Å²) in [7, 11) is 0. The van der Waals surface area contributed by atoms with Crippen molar-refractivity contribution in [3.63, 3.8) is 0 Å². The van der Waals surface area contributed by atoms with Gasteiger partial charge in [0, 0.05) is 31.7 Å². The first-order chi connectivity index (χ1) is 11.6. The van der Waals surface area contributed by atoms with Gasteiger partial charge in [-0.25, -0.2) is 14.5 Å². The van der Waals surface area contributed by atoms with Crippen molar-refractivity contribution in [3.05, 3.63) is 36.2 Å². The van der Waals surface area contributed by atoms with Crippen LogP contribution in [-0.2, 0) is 9.53 Å². The van der Waals surface area contributed by atoms with Gasteiger partial charge in [0.15, 0.2) is 5.82 Å². The van der Waals surface area contributed by atoms with Crippen LogP contribution >= 0.6 is 0 Å². The summed E-state index contributed by atoms with van der Waals surface area (Å²) in [5.41, 5.74) is 1.58. The van der Waals surface area contributed by atoms with E-state index in [1.807, 2.05) is 13.0 Å². The second-order valence-corrected chi connectivity index (χ2v) is 6.35. The van der Waals surface area contributed by atoms with Gasteiger partial charge >= 0.3 is 5.97 Å². The van der Waals surface area contributed by atoms with Gasteiger partial charge in [-0.15, -0.1) is 5.10 Å². The average molecular weight is 347 g/mol. The highest BCUT2D eigenvalue weighted by Gasteiger charge is 2.18. The number of alkyl halides is 1. The Bertz CT molecular complexity index is 776. The predicted octanol–water partition coefficient (Wildman–Crippen LogP) is 3.76. The molecule has 0 unspecified atom stereocenters. The lowest BCUT2D eigenvalue weighted by Gasteiger charge is -2.17. The van der Waals surface area contributed by atoms with Crippen LogP contribution < -0.4 is 4.74 Å². The van der Waals surface area contributed by atoms with Crippen molar-refractivity contribution in [2.24, 2.45) is 0 Å². The summed E-state index contributed by atoms with van der Waals surface area (Å²) >= 11 is 0. The first kappa shape index (κ1) is 18.6. The predicted molar refractivity (Wildman–Crippen MR) is 92.6 cm³/mol. The normalized spacial score (nSPS) is 12.0. The second-order valence-electron chi connectivity index (χ2n) is 6.35. The zero-order valence-corrected chi connectivity index (χ0v) is 15.0. The molecule has 0 bridgehead atoms. The van der Waals surface area contributed by atoms with Gasteiger partial charge in [0.25, 0.3) is 0 Å². The van der Waals surface area contributed by atoms with Crippen LogP contribution in [0.1, 0.15) is 33.3 Å². The number of hydrogen-bond donors (Lipinski definition) is 0. The second kappa shape index (κ2) is 7.46. The third-order valence-electron chi connectivity index (χ3n) is 2.89. The minimum absolute atomic E-state index is 0.186. The number of halogens is 1. The SMILES string of the molecule is Cc1cc(OC(C)(C)F)cc(-c2ncn(/C=C\C(=O)OC(C)C)n2)c1. The molecule has 0 amide bonds. The number of hydrogen-bond acceptors (Lipinski definition) is 5. The molecular formula is C18H22FN3O3. The monoisotopic (exact) mass is 347 g/mol. The summed E-state index contributed by atoms with van der Waals surface area (Å²) in [6, 6.07) is 5.28. The minimum Gasteiger partial charge on any atom is -0.460 e. The van der Waals surface area contributed by atoms with Gasteiger partial charge in [0.1, 0.15) is 12.1 Å². The number of aryl methyl sites for hydroxylation is 1. The molecule has 0 radical (unpaired) electrons. The topological polar surface area (TPSA) is 66.2 Å². The van der Waals surface area contributed by atoms with E-state index in [-0.39, 0.29) is 6.10 Å². The highest BCUT2D eigenvalue weighted by molar-refractivity contribution is 5.85. The Kier molecular flexibility index (Phi) is 5.56. The number of benzene rings is 1. The third-order valence-corrected chi connectivity index (χ3v) is 2.89. The van der Waals surface area contributed by atoms with E-state index in [0.29, 0.717) is 17.1 Å². The van der Waals surface area contributed by atoms with E-state index in [9.17, 15) is 9.18 Å². The maximum atomic E-state index is 13.7. The van der Waals surface area contributed by atoms with Gasteiger partial charge in [-0.1, -0.05) is 0 Å². The zero-order chi connectivity index (χ0) is 18.6. The third kappa shape index (κ3) is 6.02. The molecule has 1 aromatic heterocycles. The molecule has 25 heavy (non-hydrogen) atoms. The highest BCUT2D eigenvalue weighted by Crippen LogP contribution is 2.26. The van der Waals surface area contributed by atoms with E-state index >= 15 is 0 Å². The van der Waals surface area contributed by atoms with Crippen LogP contribution in [0, 0.1) is 6.92 Å². The van der Waals surface area contributed by atoms with Crippen LogP contribution in [0.25, 0.3) is 17.6 Å². The molecular weight excluding hydrogens is 325 g/mol. The maximum Gasteiger partial charge on any atom is 0.332 e. The van der Waals surface area contributed by atoms with Gasteiger partial charge in [-0.05, 0) is 44.5 Å². The molecule has 2 rings (SSSR count). The molecule has 0 aliphatic heterocycles. The molecule has 0 spiro atoms. The average Bonchev–Trinajstić information content (AvgIpc) is 2.90. The van der Waals surface area contributed by atoms with Crippen molar-refractivity contribution in [2.45, 2.75) is 46.6 Å². The molecule has 2 aromatic rings. The number of esters is 1. The van der Waals surface area contributed by atoms with Crippen molar-refractivity contribution >= 4 is 12.2 Å². The van der Waals surface area contributed by atoms with Crippen LogP contribution in [-0.4, -0.2) is 32.7 Å². The molecule has 134 valence electrons. The van der Waals surface area contributed by atoms with Crippen molar-refractivity contribution < 1.29 is 18.7 Å². The summed E-state index contributed by atoms with van der Waals surface area (Å²) in [4.78, 5) is 15.7. The Hall–Kier alpha value is -2.70. The highest BCUT2D eigenvalue weighted by atomic mass is 19.2. The summed E-state index contributed by atoms with van der Waals surface area (Å²) in [6.45, 7) is 8.09. The number of carbonyl (C=O) groups excluding carboxylic acids is 1. The Labute approximate surface area is 146 Å². The lowest BCUT2D eigenvalue weighted by Crippen LogP contribution is -2.21. The van der Waals surface area contributed by atoms with E-state index < -0.39 is 11.8 Å². The molecule has 0 aliphatic carbocycles. The van der Waals surface area contributed by atoms with Crippen molar-refractivity contribution in [1.82, 2.24) is 14.8 Å². The summed E-state index contributed by atoms with van der Waals surface area (Å²) < 4.78 is 25.4. The standard InChI is InChI=1S/C18H22FN3O3/c1-12(2)24-16(23)6-7-22-11-20-17(21-22)14-8-13(3)9-15(10-14)25-18(4,5)19/h6-12H,1-5H3/b7-6-. The van der Waals surface area contributed by atoms with E-state index in [1.54, 1.807) is 26.0 Å². The van der Waals surface area contributed by atoms with E-state index in [1.165, 1.54) is 37.1 Å². The minimum atomic E-state index is -1.78. The fourth-order valence-electron chi connectivity index (χ4n) is 2.10. The molecule has 1 aromatic carbocycles. The van der Waals surface area contributed by atoms with Crippen molar-refractivity contribution in [3.8, 4) is 17.1 Å². The number of ether oxygens (including phenoxy) is 2. The fourth-order valence-corrected chi connectivity index (χ4v) is 2.10. The van der Waals surface area contributed by atoms with Crippen molar-refractivity contribution in [1.29, 1.82) is 0 Å². The number of aromatic nitrogens is 3. The molecule has 6 nitrogen and oxygen atoms in total. The number of rotatable bonds is 6. The Balaban J connectivity index is 2.19. The van der Waals surface area contributed by atoms with E-state index in [0.717, 1.165) is 5.56 Å². The van der Waals surface area contributed by atoms with Crippen LogP contribution in [0.2, 0.25) is 0 Å². The summed E-state index contributed by atoms with van der Waals surface area (Å²) in [5.74, 6) is -1.40. The van der Waals surface area contributed by atoms with Crippen LogP contribution in [0.4, 0.5) is 4.39 Å². The lowest BCUT2D eigenvalue weighted by atomic mass is 10.1. The van der Waals surface area contributed by atoms with Crippen molar-refractivity contribution in [2.75, 3.05) is 0 Å². The summed E-state index contributed by atoms with van der Waals surface area (Å²) in [6.07, 6.45) is 4.01. The Morgan fingerprint density at radius 2 is 2.04 bits per heavy atom. The van der Waals surface area contributed by atoms with Crippen LogP contribution in [0.3, 0.4) is 0 Å². The molecule has 0 atom stereocenters. The van der Waals surface area contributed by atoms with Gasteiger partial charge in [-0.2, -0.15) is 4.39 Å². The zero-order valence-electron chi connectivity index (χ0n) is 15.0. The number of carbonyl (C=O) groups is 1. The molecule has 1 heterocycles. The molecule has 0 aliphatic rings. The Morgan fingerprint density at radius 1 is 1.32 bits per heavy atom. The quantitative estimate of drug-likeness (QED) is 0.588. The van der Waals surface area contributed by atoms with Gasteiger partial charge in [-0.3, -0.25) is 0 Å². The first-order valence-corrected chi connectivity index (χ1v) is 7.92. The summed E-state index contributed by atoms with van der Waals surface area (Å²) in [5, 5.41) is 4.27. The lowest BCUT2D eigenvalue weighted by molar-refractivity contribution is -0.141. The maximum absolute atomic E-state index is 13.7. The smallest absolute Gasteiger partial charge is 0.332 e. The van der Waals surface area contributed by atoms with E-state index in [2.05, 4.69) is 10.1 Å². The number of nitrogens with zero attached hydrogens (tertiary/aromatic N) is 3. The molecule has 0 fully saturated rings.